The van der Waals surface area contributed by atoms with Crippen LogP contribution < -0.4 is 5.32 Å². The van der Waals surface area contributed by atoms with Crippen molar-refractivity contribution >= 4 is 34.1 Å². The first-order valence-corrected chi connectivity index (χ1v) is 6.53. The Morgan fingerprint density at radius 2 is 1.67 bits per heavy atom. The van der Waals surface area contributed by atoms with Gasteiger partial charge in [-0.05, 0) is 29.8 Å². The molecule has 0 aliphatic rings. The number of fused-ring (bicyclic) bond motifs is 1. The molecule has 1 amide bonds. The van der Waals surface area contributed by atoms with E-state index in [0.29, 0.717) is 0 Å². The number of carbonyl (C=O) groups is 3. The number of ketones is 1. The molecule has 5 heteroatoms. The van der Waals surface area contributed by atoms with Crippen molar-refractivity contribution in [2.75, 3.05) is 5.32 Å². The molecule has 21 heavy (non-hydrogen) atoms. The standard InChI is InChI=1S/C16H15NO4/c1-10(18)6-7-15(19)17-14-9-12-5-3-2-4-11(12)8-13(14)16(20)21/h2-5,8-9H,6-7H2,1H3,(H,17,19)(H,20,21). The summed E-state index contributed by atoms with van der Waals surface area (Å²) in [5, 5.41) is 13.4. The summed E-state index contributed by atoms with van der Waals surface area (Å²) in [4.78, 5) is 34.0. The van der Waals surface area contributed by atoms with Gasteiger partial charge in [0.25, 0.3) is 0 Å². The molecule has 0 aliphatic carbocycles. The van der Waals surface area contributed by atoms with Crippen molar-refractivity contribution in [3.8, 4) is 0 Å². The molecule has 108 valence electrons. The highest BCUT2D eigenvalue weighted by Gasteiger charge is 2.14. The van der Waals surface area contributed by atoms with Crippen molar-refractivity contribution in [3.05, 3.63) is 42.0 Å². The molecule has 2 aromatic rings. The first-order chi connectivity index (χ1) is 9.97. The summed E-state index contributed by atoms with van der Waals surface area (Å²) in [6.07, 6.45) is 0.184. The van der Waals surface area contributed by atoms with E-state index in [1.807, 2.05) is 24.3 Å². The molecule has 0 unspecified atom stereocenters. The summed E-state index contributed by atoms with van der Waals surface area (Å²) in [5.41, 5.74) is 0.277. The van der Waals surface area contributed by atoms with Crippen LogP contribution in [-0.4, -0.2) is 22.8 Å². The first kappa shape index (κ1) is 14.7. The van der Waals surface area contributed by atoms with E-state index in [0.717, 1.165) is 10.8 Å². The number of hydrogen-bond acceptors (Lipinski definition) is 3. The van der Waals surface area contributed by atoms with Gasteiger partial charge in [-0.15, -0.1) is 0 Å². The molecule has 5 nitrogen and oxygen atoms in total. The highest BCUT2D eigenvalue weighted by Crippen LogP contribution is 2.24. The van der Waals surface area contributed by atoms with E-state index in [2.05, 4.69) is 5.32 Å². The summed E-state index contributed by atoms with van der Waals surface area (Å²) in [6, 6.07) is 10.5. The van der Waals surface area contributed by atoms with Crippen LogP contribution in [0.4, 0.5) is 5.69 Å². The second-order valence-corrected chi connectivity index (χ2v) is 4.80. The number of hydrogen-bond donors (Lipinski definition) is 2. The number of carbonyl (C=O) groups excluding carboxylic acids is 2. The Labute approximate surface area is 121 Å². The Morgan fingerprint density at radius 3 is 2.24 bits per heavy atom. The number of benzene rings is 2. The van der Waals surface area contributed by atoms with E-state index in [1.54, 1.807) is 6.07 Å². The minimum atomic E-state index is -1.11. The van der Waals surface area contributed by atoms with Gasteiger partial charge < -0.3 is 15.2 Å². The van der Waals surface area contributed by atoms with Gasteiger partial charge in [-0.2, -0.15) is 0 Å². The lowest BCUT2D eigenvalue weighted by atomic mass is 10.0. The zero-order valence-electron chi connectivity index (χ0n) is 11.6. The van der Waals surface area contributed by atoms with Gasteiger partial charge in [0.1, 0.15) is 5.78 Å². The molecule has 0 spiro atoms. The van der Waals surface area contributed by atoms with E-state index in [4.69, 9.17) is 0 Å². The fourth-order valence-electron chi connectivity index (χ4n) is 2.02. The average Bonchev–Trinajstić information content (AvgIpc) is 2.44. The zero-order chi connectivity index (χ0) is 15.4. The molecular weight excluding hydrogens is 270 g/mol. The molecule has 0 heterocycles. The van der Waals surface area contributed by atoms with E-state index >= 15 is 0 Å². The van der Waals surface area contributed by atoms with Crippen molar-refractivity contribution in [3.63, 3.8) is 0 Å². The van der Waals surface area contributed by atoms with Gasteiger partial charge in [-0.3, -0.25) is 4.79 Å². The van der Waals surface area contributed by atoms with Crippen LogP contribution in [0, 0.1) is 0 Å². The first-order valence-electron chi connectivity index (χ1n) is 6.53. The predicted molar refractivity (Wildman–Crippen MR) is 79.5 cm³/mol. The van der Waals surface area contributed by atoms with Gasteiger partial charge in [0.05, 0.1) is 11.3 Å². The summed E-state index contributed by atoms with van der Waals surface area (Å²) in [5.74, 6) is -1.56. The number of aromatic carboxylic acids is 1. The van der Waals surface area contributed by atoms with E-state index in [9.17, 15) is 19.5 Å². The lowest BCUT2D eigenvalue weighted by Gasteiger charge is -2.10. The highest BCUT2D eigenvalue weighted by molar-refractivity contribution is 6.05. The molecule has 2 aromatic carbocycles. The van der Waals surface area contributed by atoms with Crippen LogP contribution in [0.25, 0.3) is 10.8 Å². The van der Waals surface area contributed by atoms with Crippen molar-refractivity contribution in [2.24, 2.45) is 0 Å². The topological polar surface area (TPSA) is 83.5 Å². The van der Waals surface area contributed by atoms with Crippen LogP contribution in [0.15, 0.2) is 36.4 Å². The van der Waals surface area contributed by atoms with Gasteiger partial charge in [0.15, 0.2) is 0 Å². The normalized spacial score (nSPS) is 10.3. The number of carboxylic acids is 1. The molecule has 0 radical (unpaired) electrons. The SMILES string of the molecule is CC(=O)CCC(=O)Nc1cc2ccccc2cc1C(=O)O. The molecule has 0 bridgehead atoms. The van der Waals surface area contributed by atoms with Crippen LogP contribution in [0.3, 0.4) is 0 Å². The van der Waals surface area contributed by atoms with Gasteiger partial charge >= 0.3 is 5.97 Å². The zero-order valence-corrected chi connectivity index (χ0v) is 11.6. The lowest BCUT2D eigenvalue weighted by Crippen LogP contribution is -2.15. The fraction of sp³-hybridized carbons (Fsp3) is 0.188. The van der Waals surface area contributed by atoms with Gasteiger partial charge in [-0.25, -0.2) is 4.79 Å². The maximum atomic E-state index is 11.8. The molecule has 0 atom stereocenters. The monoisotopic (exact) mass is 285 g/mol. The van der Waals surface area contributed by atoms with Crippen molar-refractivity contribution < 1.29 is 19.5 Å². The summed E-state index contributed by atoms with van der Waals surface area (Å²) < 4.78 is 0. The quantitative estimate of drug-likeness (QED) is 0.884. The van der Waals surface area contributed by atoms with Crippen LogP contribution in [0.1, 0.15) is 30.1 Å². The van der Waals surface area contributed by atoms with Crippen molar-refractivity contribution in [1.29, 1.82) is 0 Å². The molecular formula is C16H15NO4. The van der Waals surface area contributed by atoms with Gasteiger partial charge in [0, 0.05) is 12.8 Å². The third-order valence-electron chi connectivity index (χ3n) is 3.09. The molecule has 0 aliphatic heterocycles. The van der Waals surface area contributed by atoms with E-state index in [1.165, 1.54) is 13.0 Å². The summed E-state index contributed by atoms with van der Waals surface area (Å²) in [7, 11) is 0. The maximum Gasteiger partial charge on any atom is 0.337 e. The minimum absolute atomic E-state index is 0.0323. The highest BCUT2D eigenvalue weighted by atomic mass is 16.4. The number of rotatable bonds is 5. The molecule has 0 aromatic heterocycles. The smallest absolute Gasteiger partial charge is 0.337 e. The largest absolute Gasteiger partial charge is 0.478 e. The molecule has 0 saturated carbocycles. The van der Waals surface area contributed by atoms with Gasteiger partial charge in [-0.1, -0.05) is 24.3 Å². The number of anilines is 1. The Morgan fingerprint density at radius 1 is 1.05 bits per heavy atom. The lowest BCUT2D eigenvalue weighted by molar-refractivity contribution is -0.121. The Balaban J connectivity index is 2.32. The summed E-state index contributed by atoms with van der Waals surface area (Å²) >= 11 is 0. The van der Waals surface area contributed by atoms with Crippen LogP contribution in [0.2, 0.25) is 0 Å². The number of amides is 1. The van der Waals surface area contributed by atoms with Crippen molar-refractivity contribution in [2.45, 2.75) is 19.8 Å². The Kier molecular flexibility index (Phi) is 4.33. The van der Waals surface area contributed by atoms with Crippen LogP contribution >= 0.6 is 0 Å². The Hall–Kier alpha value is -2.69. The van der Waals surface area contributed by atoms with E-state index < -0.39 is 5.97 Å². The van der Waals surface area contributed by atoms with Crippen LogP contribution in [-0.2, 0) is 9.59 Å². The van der Waals surface area contributed by atoms with Gasteiger partial charge in [0.2, 0.25) is 5.91 Å². The van der Waals surface area contributed by atoms with E-state index in [-0.39, 0.29) is 35.8 Å². The average molecular weight is 285 g/mol. The third kappa shape index (κ3) is 3.66. The minimum Gasteiger partial charge on any atom is -0.478 e. The second-order valence-electron chi connectivity index (χ2n) is 4.80. The molecule has 0 saturated heterocycles. The van der Waals surface area contributed by atoms with Crippen LogP contribution in [0.5, 0.6) is 0 Å². The van der Waals surface area contributed by atoms with Crippen molar-refractivity contribution in [1.82, 2.24) is 0 Å². The second kappa shape index (κ2) is 6.17. The Bertz CT molecular complexity index is 721. The summed E-state index contributed by atoms with van der Waals surface area (Å²) in [6.45, 7) is 1.41. The third-order valence-corrected chi connectivity index (χ3v) is 3.09. The maximum absolute atomic E-state index is 11.8. The molecule has 0 fully saturated rings. The number of carboxylic acid groups (broad SMARTS) is 1. The fourth-order valence-corrected chi connectivity index (χ4v) is 2.02. The molecule has 2 rings (SSSR count). The number of nitrogens with one attached hydrogen (secondary N) is 1. The predicted octanol–water partition coefficient (Wildman–Crippen LogP) is 2.85. The molecule has 2 N–H and O–H groups in total. The number of Topliss-reactive ketones (excluding diaryl/α,β-unsaturated/α-hetero) is 1.